The highest BCUT2D eigenvalue weighted by Gasteiger charge is 2.31. The summed E-state index contributed by atoms with van der Waals surface area (Å²) in [4.78, 5) is 1.27. The summed E-state index contributed by atoms with van der Waals surface area (Å²) in [5.74, 6) is 0.407. The quantitative estimate of drug-likeness (QED) is 0.526. The summed E-state index contributed by atoms with van der Waals surface area (Å²) >= 11 is 1.96. The predicted molar refractivity (Wildman–Crippen MR) is 110 cm³/mol. The lowest BCUT2D eigenvalue weighted by Gasteiger charge is -2.30. The number of hydrogen-bond donors (Lipinski definition) is 1. The molecule has 0 aliphatic carbocycles. The second kappa shape index (κ2) is 7.79. The van der Waals surface area contributed by atoms with Gasteiger partial charge in [-0.1, -0.05) is 82.2 Å². The number of phenols is 1. The maximum atomic E-state index is 10.2. The largest absolute Gasteiger partial charge is 0.508 e. The molecule has 2 rings (SSSR count). The Kier molecular flexibility index (Phi) is 6.21. The zero-order chi connectivity index (χ0) is 17.8. The van der Waals surface area contributed by atoms with Crippen LogP contribution in [-0.4, -0.2) is 18.6 Å². The molecule has 0 aliphatic heterocycles. The summed E-state index contributed by atoms with van der Waals surface area (Å²) in [6.45, 7) is 11.1. The molecule has 2 aromatic rings. The lowest BCUT2D eigenvalue weighted by atomic mass is 9.86. The van der Waals surface area contributed by atoms with E-state index in [2.05, 4.69) is 77.1 Å². The predicted octanol–water partition coefficient (Wildman–Crippen LogP) is 5.72. The molecule has 0 saturated carbocycles. The van der Waals surface area contributed by atoms with E-state index in [1.165, 1.54) is 22.4 Å². The van der Waals surface area contributed by atoms with Crippen LogP contribution in [0.25, 0.3) is 0 Å². The van der Waals surface area contributed by atoms with E-state index in [4.69, 9.17) is 0 Å². The molecule has 0 spiro atoms. The van der Waals surface area contributed by atoms with Crippen molar-refractivity contribution in [3.8, 4) is 5.75 Å². The van der Waals surface area contributed by atoms with Gasteiger partial charge in [0.05, 0.1) is 8.07 Å². The van der Waals surface area contributed by atoms with Gasteiger partial charge in [-0.2, -0.15) is 0 Å². The molecule has 0 heterocycles. The summed E-state index contributed by atoms with van der Waals surface area (Å²) in [6.07, 6.45) is 0. The summed E-state index contributed by atoms with van der Waals surface area (Å²) in [7, 11) is -1.48. The Morgan fingerprint density at radius 3 is 2.12 bits per heavy atom. The normalized spacial score (nSPS) is 12.4. The van der Waals surface area contributed by atoms with E-state index < -0.39 is 8.07 Å². The fraction of sp³-hybridized carbons (Fsp3) is 0.429. The van der Waals surface area contributed by atoms with Gasteiger partial charge in [-0.15, -0.1) is 11.8 Å². The fourth-order valence-electron chi connectivity index (χ4n) is 3.16. The van der Waals surface area contributed by atoms with Crippen molar-refractivity contribution in [2.24, 2.45) is 0 Å². The molecule has 0 atom stereocenters. The van der Waals surface area contributed by atoms with Crippen molar-refractivity contribution in [2.75, 3.05) is 5.38 Å². The molecule has 130 valence electrons. The van der Waals surface area contributed by atoms with Crippen molar-refractivity contribution in [1.82, 2.24) is 0 Å². The van der Waals surface area contributed by atoms with Gasteiger partial charge in [-0.25, -0.2) is 0 Å². The van der Waals surface area contributed by atoms with Gasteiger partial charge in [-0.3, -0.25) is 0 Å². The first-order chi connectivity index (χ1) is 11.3. The van der Waals surface area contributed by atoms with Crippen LogP contribution >= 0.6 is 11.8 Å². The van der Waals surface area contributed by atoms with Crippen LogP contribution in [0, 0.1) is 0 Å². The van der Waals surface area contributed by atoms with Crippen LogP contribution in [0.4, 0.5) is 0 Å². The molecular weight excluding hydrogens is 328 g/mol. The van der Waals surface area contributed by atoms with E-state index >= 15 is 0 Å². The van der Waals surface area contributed by atoms with Crippen LogP contribution in [0.15, 0.2) is 53.4 Å². The van der Waals surface area contributed by atoms with Crippen molar-refractivity contribution in [1.29, 1.82) is 0 Å². The Hall–Kier alpha value is -1.19. The average Bonchev–Trinajstić information content (AvgIpc) is 2.57. The molecule has 0 amide bonds. The molecule has 0 aliphatic rings. The first kappa shape index (κ1) is 19.1. The van der Waals surface area contributed by atoms with Gasteiger partial charge in [0, 0.05) is 10.5 Å². The van der Waals surface area contributed by atoms with Crippen molar-refractivity contribution in [2.45, 2.75) is 57.0 Å². The van der Waals surface area contributed by atoms with Crippen LogP contribution in [0.1, 0.15) is 40.2 Å². The van der Waals surface area contributed by atoms with Gasteiger partial charge in [0.15, 0.2) is 0 Å². The maximum Gasteiger partial charge on any atom is 0.119 e. The van der Waals surface area contributed by atoms with E-state index in [0.717, 1.165) is 5.56 Å². The topological polar surface area (TPSA) is 20.2 Å². The van der Waals surface area contributed by atoms with Gasteiger partial charge in [0.25, 0.3) is 0 Å². The molecule has 0 bridgehead atoms. The van der Waals surface area contributed by atoms with Crippen molar-refractivity contribution in [3.63, 3.8) is 0 Å². The van der Waals surface area contributed by atoms with E-state index in [9.17, 15) is 5.11 Å². The van der Waals surface area contributed by atoms with Gasteiger partial charge in [0.1, 0.15) is 5.75 Å². The third-order valence-electron chi connectivity index (χ3n) is 5.03. The molecule has 0 aromatic heterocycles. The average molecular weight is 359 g/mol. The Morgan fingerprint density at radius 2 is 1.58 bits per heavy atom. The number of hydrogen-bond acceptors (Lipinski definition) is 2. The van der Waals surface area contributed by atoms with Crippen molar-refractivity contribution in [3.05, 3.63) is 54.1 Å². The van der Waals surface area contributed by atoms with Crippen LogP contribution in [-0.2, 0) is 5.41 Å². The molecule has 0 saturated heterocycles. The summed E-state index contributed by atoms with van der Waals surface area (Å²) in [5.41, 5.74) is 0.997. The molecule has 0 radical (unpaired) electrons. The summed E-state index contributed by atoms with van der Waals surface area (Å²) in [6, 6.07) is 19.7. The Bertz CT molecular complexity index is 657. The second-order valence-corrected chi connectivity index (χ2v) is 14.0. The third-order valence-corrected chi connectivity index (χ3v) is 12.7. The fourth-order valence-corrected chi connectivity index (χ4v) is 9.82. The zero-order valence-corrected chi connectivity index (χ0v) is 17.4. The Morgan fingerprint density at radius 1 is 0.958 bits per heavy atom. The van der Waals surface area contributed by atoms with Crippen molar-refractivity contribution >= 4 is 25.0 Å². The highest BCUT2D eigenvalue weighted by atomic mass is 32.2. The Labute approximate surface area is 152 Å². The summed E-state index contributed by atoms with van der Waals surface area (Å²) < 4.78 is 0. The lowest BCUT2D eigenvalue weighted by Crippen LogP contribution is -2.49. The molecule has 0 unspecified atom stereocenters. The zero-order valence-electron chi connectivity index (χ0n) is 15.6. The monoisotopic (exact) mass is 358 g/mol. The highest BCUT2D eigenvalue weighted by molar-refractivity contribution is 8.01. The second-order valence-electron chi connectivity index (χ2n) is 7.57. The van der Waals surface area contributed by atoms with E-state index in [1.807, 2.05) is 17.8 Å². The van der Waals surface area contributed by atoms with E-state index in [1.54, 1.807) is 5.19 Å². The minimum atomic E-state index is -1.48. The molecule has 1 nitrogen and oxygen atoms in total. The van der Waals surface area contributed by atoms with E-state index in [0.29, 0.717) is 5.75 Å². The first-order valence-electron chi connectivity index (χ1n) is 8.84. The Balaban J connectivity index is 2.25. The minimum absolute atomic E-state index is 0.0376. The first-order valence-corrected chi connectivity index (χ1v) is 12.4. The smallest absolute Gasteiger partial charge is 0.119 e. The van der Waals surface area contributed by atoms with Gasteiger partial charge >= 0.3 is 0 Å². The number of benzene rings is 2. The van der Waals surface area contributed by atoms with Crippen molar-refractivity contribution < 1.29 is 5.11 Å². The number of thioether (sulfide) groups is 1. The number of rotatable bonds is 6. The van der Waals surface area contributed by atoms with Gasteiger partial charge in [-0.05, 0) is 29.0 Å². The molecule has 2 aromatic carbocycles. The number of aromatic hydroxyl groups is 1. The number of phenolic OH excluding ortho intramolecular Hbond substituents is 1. The molecule has 0 fully saturated rings. The third kappa shape index (κ3) is 4.25. The van der Waals surface area contributed by atoms with E-state index in [-0.39, 0.29) is 5.41 Å². The molecule has 1 N–H and O–H groups in total. The molecular formula is C21H30OSSi. The summed E-state index contributed by atoms with van der Waals surface area (Å²) in [5, 5.41) is 12.9. The maximum absolute atomic E-state index is 10.2. The van der Waals surface area contributed by atoms with Gasteiger partial charge < -0.3 is 5.11 Å². The molecule has 24 heavy (non-hydrogen) atoms. The van der Waals surface area contributed by atoms with Crippen LogP contribution in [0.3, 0.4) is 0 Å². The van der Waals surface area contributed by atoms with Crippen LogP contribution < -0.4 is 5.19 Å². The molecule has 3 heteroatoms. The van der Waals surface area contributed by atoms with Crippen LogP contribution in [0.2, 0.25) is 12.1 Å². The standard InChI is InChI=1S/C21H30OSSi/c1-6-24(7-2,18-11-9-8-10-12-18)16-23-17-13-14-20(22)19(15-17)21(3,4)5/h8-15,22H,6-7,16H2,1-5H3. The lowest BCUT2D eigenvalue weighted by molar-refractivity contribution is 0.446. The van der Waals surface area contributed by atoms with Crippen LogP contribution in [0.5, 0.6) is 5.75 Å². The highest BCUT2D eigenvalue weighted by Crippen LogP contribution is 2.35. The minimum Gasteiger partial charge on any atom is -0.508 e. The SMILES string of the molecule is CC[Si](CC)(CSc1ccc(O)c(C(C)(C)C)c1)c1ccccc1. The van der Waals surface area contributed by atoms with Gasteiger partial charge in [0.2, 0.25) is 0 Å².